The summed E-state index contributed by atoms with van der Waals surface area (Å²) >= 11 is 0. The van der Waals surface area contributed by atoms with Gasteiger partial charge in [0.05, 0.1) is 6.42 Å². The maximum atomic E-state index is 12.5. The van der Waals surface area contributed by atoms with Crippen LogP contribution in [0, 0.1) is 0 Å². The van der Waals surface area contributed by atoms with Gasteiger partial charge in [0.2, 0.25) is 5.91 Å². The number of nitrogens with one attached hydrogen (secondary N) is 1. The summed E-state index contributed by atoms with van der Waals surface area (Å²) < 4.78 is 0. The molecule has 1 fully saturated rings. The summed E-state index contributed by atoms with van der Waals surface area (Å²) in [7, 11) is 2.12. The number of aromatic amines is 1. The molecule has 3 rings (SSSR count). The highest BCUT2D eigenvalue weighted by Crippen LogP contribution is 2.19. The van der Waals surface area contributed by atoms with Gasteiger partial charge in [-0.1, -0.05) is 18.2 Å². The second-order valence-corrected chi connectivity index (χ2v) is 5.57. The number of likely N-dealkylation sites (N-methyl/N-ethyl adjacent to an activating group) is 1. The predicted octanol–water partition coefficient (Wildman–Crippen LogP) is 1.87. The Bertz CT molecular complexity index is 605. The van der Waals surface area contributed by atoms with Crippen LogP contribution in [0.1, 0.15) is 12.0 Å². The minimum Gasteiger partial charge on any atom is -0.361 e. The van der Waals surface area contributed by atoms with Gasteiger partial charge in [0.25, 0.3) is 0 Å². The van der Waals surface area contributed by atoms with Gasteiger partial charge < -0.3 is 14.8 Å². The molecule has 0 unspecified atom stereocenters. The highest BCUT2D eigenvalue weighted by Gasteiger charge is 2.18. The van der Waals surface area contributed by atoms with E-state index in [0.29, 0.717) is 6.42 Å². The summed E-state index contributed by atoms with van der Waals surface area (Å²) in [6.45, 7) is 3.78. The number of fused-ring (bicyclic) bond motifs is 1. The monoisotopic (exact) mass is 271 g/mol. The van der Waals surface area contributed by atoms with Crippen LogP contribution in [0.15, 0.2) is 30.5 Å². The fraction of sp³-hybridized carbons (Fsp3) is 0.438. The second-order valence-electron chi connectivity index (χ2n) is 5.57. The third-order valence-corrected chi connectivity index (χ3v) is 4.09. The van der Waals surface area contributed by atoms with Crippen LogP contribution in [-0.2, 0) is 11.2 Å². The first kappa shape index (κ1) is 13.2. The number of carbonyl (C=O) groups is 1. The van der Waals surface area contributed by atoms with E-state index < -0.39 is 0 Å². The van der Waals surface area contributed by atoms with E-state index in [9.17, 15) is 4.79 Å². The Kier molecular flexibility index (Phi) is 3.74. The number of amides is 1. The van der Waals surface area contributed by atoms with E-state index in [-0.39, 0.29) is 5.91 Å². The van der Waals surface area contributed by atoms with Gasteiger partial charge in [-0.3, -0.25) is 4.79 Å². The minimum absolute atomic E-state index is 0.241. The SMILES string of the molecule is CN1CCCN(C(=O)Cc2c[nH]c3ccccc23)CC1. The summed E-state index contributed by atoms with van der Waals surface area (Å²) in [4.78, 5) is 20.0. The number of hydrogen-bond donors (Lipinski definition) is 1. The fourth-order valence-electron chi connectivity index (χ4n) is 2.85. The van der Waals surface area contributed by atoms with E-state index in [0.717, 1.165) is 49.1 Å². The van der Waals surface area contributed by atoms with Gasteiger partial charge in [-0.2, -0.15) is 0 Å². The summed E-state index contributed by atoms with van der Waals surface area (Å²) in [6.07, 6.45) is 3.52. The zero-order valence-electron chi connectivity index (χ0n) is 11.9. The Hall–Kier alpha value is -1.81. The standard InChI is InChI=1S/C16H21N3O/c1-18-7-4-8-19(10-9-18)16(20)11-13-12-17-15-6-3-2-5-14(13)15/h2-3,5-6,12,17H,4,7-11H2,1H3. The molecule has 1 aromatic heterocycles. The lowest BCUT2D eigenvalue weighted by molar-refractivity contribution is -0.130. The van der Waals surface area contributed by atoms with Crippen molar-refractivity contribution in [2.24, 2.45) is 0 Å². The van der Waals surface area contributed by atoms with Crippen molar-refractivity contribution in [2.45, 2.75) is 12.8 Å². The molecule has 1 N–H and O–H groups in total. The fourth-order valence-corrected chi connectivity index (χ4v) is 2.85. The van der Waals surface area contributed by atoms with Crippen molar-refractivity contribution >= 4 is 16.8 Å². The number of nitrogens with zero attached hydrogens (tertiary/aromatic N) is 2. The number of para-hydroxylation sites is 1. The summed E-state index contributed by atoms with van der Waals surface area (Å²) in [5, 5.41) is 1.16. The van der Waals surface area contributed by atoms with E-state index in [4.69, 9.17) is 0 Å². The van der Waals surface area contributed by atoms with E-state index in [1.54, 1.807) is 0 Å². The Morgan fingerprint density at radius 1 is 1.20 bits per heavy atom. The average molecular weight is 271 g/mol. The van der Waals surface area contributed by atoms with Crippen LogP contribution in [0.2, 0.25) is 0 Å². The van der Waals surface area contributed by atoms with Crippen molar-refractivity contribution in [3.8, 4) is 0 Å². The lowest BCUT2D eigenvalue weighted by Crippen LogP contribution is -2.35. The highest BCUT2D eigenvalue weighted by atomic mass is 16.2. The molecule has 1 aromatic carbocycles. The average Bonchev–Trinajstić information content (AvgIpc) is 2.72. The van der Waals surface area contributed by atoms with Crippen LogP contribution in [0.25, 0.3) is 10.9 Å². The zero-order valence-corrected chi connectivity index (χ0v) is 11.9. The molecule has 1 aliphatic rings. The van der Waals surface area contributed by atoms with Gasteiger partial charge in [-0.25, -0.2) is 0 Å². The van der Waals surface area contributed by atoms with Crippen LogP contribution in [0.4, 0.5) is 0 Å². The Morgan fingerprint density at radius 3 is 2.95 bits per heavy atom. The predicted molar refractivity (Wildman–Crippen MR) is 80.7 cm³/mol. The lowest BCUT2D eigenvalue weighted by Gasteiger charge is -2.20. The molecule has 0 aliphatic carbocycles. The van der Waals surface area contributed by atoms with Crippen molar-refractivity contribution in [1.29, 1.82) is 0 Å². The van der Waals surface area contributed by atoms with E-state index in [2.05, 4.69) is 23.0 Å². The van der Waals surface area contributed by atoms with Gasteiger partial charge in [-0.05, 0) is 31.6 Å². The maximum Gasteiger partial charge on any atom is 0.227 e. The normalized spacial score (nSPS) is 17.4. The third-order valence-electron chi connectivity index (χ3n) is 4.09. The molecule has 1 amide bonds. The van der Waals surface area contributed by atoms with Gasteiger partial charge in [0.1, 0.15) is 0 Å². The molecule has 2 aromatic rings. The molecule has 4 heteroatoms. The maximum absolute atomic E-state index is 12.5. The van der Waals surface area contributed by atoms with Gasteiger partial charge in [0, 0.05) is 36.7 Å². The second kappa shape index (κ2) is 5.67. The minimum atomic E-state index is 0.241. The quantitative estimate of drug-likeness (QED) is 0.906. The molecule has 0 bridgehead atoms. The zero-order chi connectivity index (χ0) is 13.9. The summed E-state index contributed by atoms with van der Waals surface area (Å²) in [5.74, 6) is 0.241. The largest absolute Gasteiger partial charge is 0.361 e. The summed E-state index contributed by atoms with van der Waals surface area (Å²) in [5.41, 5.74) is 2.20. The van der Waals surface area contributed by atoms with Crippen LogP contribution < -0.4 is 0 Å². The molecule has 0 radical (unpaired) electrons. The first-order chi connectivity index (χ1) is 9.74. The Balaban J connectivity index is 1.72. The van der Waals surface area contributed by atoms with Crippen molar-refractivity contribution in [1.82, 2.24) is 14.8 Å². The molecule has 0 saturated carbocycles. The van der Waals surface area contributed by atoms with Gasteiger partial charge in [-0.15, -0.1) is 0 Å². The molecule has 20 heavy (non-hydrogen) atoms. The Morgan fingerprint density at radius 2 is 2.05 bits per heavy atom. The summed E-state index contributed by atoms with van der Waals surface area (Å²) in [6, 6.07) is 8.15. The van der Waals surface area contributed by atoms with Crippen LogP contribution in [0.5, 0.6) is 0 Å². The molecule has 0 spiro atoms. The van der Waals surface area contributed by atoms with E-state index in [1.165, 1.54) is 0 Å². The number of benzene rings is 1. The smallest absolute Gasteiger partial charge is 0.227 e. The first-order valence-corrected chi connectivity index (χ1v) is 7.25. The van der Waals surface area contributed by atoms with E-state index >= 15 is 0 Å². The van der Waals surface area contributed by atoms with Gasteiger partial charge in [0.15, 0.2) is 0 Å². The third kappa shape index (κ3) is 2.70. The molecule has 1 saturated heterocycles. The van der Waals surface area contributed by atoms with Crippen LogP contribution in [0.3, 0.4) is 0 Å². The van der Waals surface area contributed by atoms with Crippen molar-refractivity contribution < 1.29 is 4.79 Å². The molecule has 106 valence electrons. The highest BCUT2D eigenvalue weighted by molar-refractivity contribution is 5.88. The number of H-pyrrole nitrogens is 1. The Labute approximate surface area is 119 Å². The number of rotatable bonds is 2. The van der Waals surface area contributed by atoms with Crippen LogP contribution >= 0.6 is 0 Å². The number of aromatic nitrogens is 1. The molecular weight excluding hydrogens is 250 g/mol. The number of hydrogen-bond acceptors (Lipinski definition) is 2. The number of carbonyl (C=O) groups excluding carboxylic acids is 1. The molecule has 4 nitrogen and oxygen atoms in total. The van der Waals surface area contributed by atoms with E-state index in [1.807, 2.05) is 29.3 Å². The van der Waals surface area contributed by atoms with Crippen molar-refractivity contribution in [3.63, 3.8) is 0 Å². The topological polar surface area (TPSA) is 39.3 Å². The molecule has 2 heterocycles. The van der Waals surface area contributed by atoms with Crippen molar-refractivity contribution in [3.05, 3.63) is 36.0 Å². The molecule has 1 aliphatic heterocycles. The molecule has 0 atom stereocenters. The van der Waals surface area contributed by atoms with Crippen LogP contribution in [-0.4, -0.2) is 53.9 Å². The first-order valence-electron chi connectivity index (χ1n) is 7.25. The van der Waals surface area contributed by atoms with Gasteiger partial charge >= 0.3 is 0 Å². The molecular formula is C16H21N3O. The lowest BCUT2D eigenvalue weighted by atomic mass is 10.1. The van der Waals surface area contributed by atoms with Crippen molar-refractivity contribution in [2.75, 3.05) is 33.2 Å².